The number of anilines is 1. The highest BCUT2D eigenvalue weighted by atomic mass is 16.2. The summed E-state index contributed by atoms with van der Waals surface area (Å²) < 4.78 is 0. The number of fused-ring (bicyclic) bond motifs is 1. The number of likely N-dealkylation sites (tertiary alicyclic amines) is 1. The number of rotatable bonds is 5. The van der Waals surface area contributed by atoms with E-state index < -0.39 is 0 Å². The molecule has 5 heteroatoms. The first-order valence-corrected chi connectivity index (χ1v) is 8.43. The number of primary amides is 1. The average Bonchev–Trinajstić information content (AvgIpc) is 2.61. The van der Waals surface area contributed by atoms with Gasteiger partial charge in [0.1, 0.15) is 0 Å². The van der Waals surface area contributed by atoms with Crippen LogP contribution in [0.2, 0.25) is 0 Å². The van der Waals surface area contributed by atoms with Crippen molar-refractivity contribution in [3.63, 3.8) is 0 Å². The zero-order valence-electron chi connectivity index (χ0n) is 13.7. The van der Waals surface area contributed by atoms with Crippen LogP contribution in [0.5, 0.6) is 0 Å². The molecule has 5 nitrogen and oxygen atoms in total. The first kappa shape index (κ1) is 16.5. The molecule has 1 heterocycles. The van der Waals surface area contributed by atoms with Crippen molar-refractivity contribution >= 4 is 28.3 Å². The highest BCUT2D eigenvalue weighted by Crippen LogP contribution is 2.23. The zero-order valence-corrected chi connectivity index (χ0v) is 13.7. The smallest absolute Gasteiger partial charge is 0.225 e. The number of hydrogen-bond donors (Lipinski definition) is 2. The highest BCUT2D eigenvalue weighted by molar-refractivity contribution is 6.02. The van der Waals surface area contributed by atoms with Crippen LogP contribution in [0.25, 0.3) is 10.8 Å². The molecular formula is C19H23N3O2. The molecular weight excluding hydrogens is 302 g/mol. The molecule has 0 spiro atoms. The van der Waals surface area contributed by atoms with E-state index in [2.05, 4.69) is 10.2 Å². The molecule has 2 aromatic rings. The fourth-order valence-electron chi connectivity index (χ4n) is 3.25. The van der Waals surface area contributed by atoms with Crippen LogP contribution in [0.1, 0.15) is 19.3 Å². The second-order valence-corrected chi connectivity index (χ2v) is 6.34. The standard InChI is InChI=1S/C19H23N3O2/c20-19(24)15-8-11-22(12-9-15)13-10-18(23)21-17-7-3-5-14-4-1-2-6-16(14)17/h1-7,15H,8-13H2,(H2,20,24)(H,21,23). The summed E-state index contributed by atoms with van der Waals surface area (Å²) in [6, 6.07) is 13.9. The summed E-state index contributed by atoms with van der Waals surface area (Å²) >= 11 is 0. The fraction of sp³-hybridized carbons (Fsp3) is 0.368. The Morgan fingerprint density at radius 2 is 1.79 bits per heavy atom. The van der Waals surface area contributed by atoms with Crippen molar-refractivity contribution in [3.8, 4) is 0 Å². The van der Waals surface area contributed by atoms with Gasteiger partial charge in [0, 0.05) is 30.0 Å². The molecule has 2 amide bonds. The van der Waals surface area contributed by atoms with E-state index in [9.17, 15) is 9.59 Å². The summed E-state index contributed by atoms with van der Waals surface area (Å²) in [5.41, 5.74) is 6.20. The van der Waals surface area contributed by atoms with E-state index in [0.717, 1.165) is 42.4 Å². The molecule has 1 aliphatic heterocycles. The minimum Gasteiger partial charge on any atom is -0.369 e. The Labute approximate surface area is 141 Å². The van der Waals surface area contributed by atoms with E-state index in [4.69, 9.17) is 5.73 Å². The van der Waals surface area contributed by atoms with E-state index in [1.807, 2.05) is 42.5 Å². The lowest BCUT2D eigenvalue weighted by molar-refractivity contribution is -0.123. The van der Waals surface area contributed by atoms with E-state index in [1.54, 1.807) is 0 Å². The largest absolute Gasteiger partial charge is 0.369 e. The Morgan fingerprint density at radius 3 is 2.54 bits per heavy atom. The molecule has 126 valence electrons. The third-order valence-electron chi connectivity index (χ3n) is 4.71. The second-order valence-electron chi connectivity index (χ2n) is 6.34. The number of nitrogens with two attached hydrogens (primary N) is 1. The number of piperidine rings is 1. The molecule has 1 aliphatic rings. The van der Waals surface area contributed by atoms with Crippen LogP contribution in [0, 0.1) is 5.92 Å². The number of nitrogens with one attached hydrogen (secondary N) is 1. The molecule has 24 heavy (non-hydrogen) atoms. The Balaban J connectivity index is 1.52. The minimum atomic E-state index is -0.205. The summed E-state index contributed by atoms with van der Waals surface area (Å²) in [5, 5.41) is 5.18. The van der Waals surface area contributed by atoms with Crippen LogP contribution < -0.4 is 11.1 Å². The number of nitrogens with zero attached hydrogens (tertiary/aromatic N) is 1. The van der Waals surface area contributed by atoms with E-state index in [0.29, 0.717) is 13.0 Å². The van der Waals surface area contributed by atoms with Crippen molar-refractivity contribution in [3.05, 3.63) is 42.5 Å². The summed E-state index contributed by atoms with van der Waals surface area (Å²) in [6.07, 6.45) is 2.03. The minimum absolute atomic E-state index is 0.00856. The zero-order chi connectivity index (χ0) is 16.9. The summed E-state index contributed by atoms with van der Waals surface area (Å²) in [5.74, 6) is -0.197. The van der Waals surface area contributed by atoms with Gasteiger partial charge in [0.05, 0.1) is 0 Å². The van der Waals surface area contributed by atoms with Gasteiger partial charge in [-0.1, -0.05) is 36.4 Å². The molecule has 1 fully saturated rings. The van der Waals surface area contributed by atoms with Crippen LogP contribution >= 0.6 is 0 Å². The molecule has 0 saturated carbocycles. The Kier molecular flexibility index (Phi) is 5.11. The SMILES string of the molecule is NC(=O)C1CCN(CCC(=O)Nc2cccc3ccccc23)CC1. The fourth-order valence-corrected chi connectivity index (χ4v) is 3.25. The highest BCUT2D eigenvalue weighted by Gasteiger charge is 2.23. The predicted molar refractivity (Wildman–Crippen MR) is 95.6 cm³/mol. The molecule has 0 bridgehead atoms. The van der Waals surface area contributed by atoms with Crippen LogP contribution in [-0.2, 0) is 9.59 Å². The van der Waals surface area contributed by atoms with Crippen molar-refractivity contribution in [2.24, 2.45) is 11.7 Å². The number of amides is 2. The third kappa shape index (κ3) is 3.92. The van der Waals surface area contributed by atoms with Crippen molar-refractivity contribution in [1.29, 1.82) is 0 Å². The lowest BCUT2D eigenvalue weighted by Gasteiger charge is -2.30. The second kappa shape index (κ2) is 7.45. The molecule has 3 N–H and O–H groups in total. The number of hydrogen-bond acceptors (Lipinski definition) is 3. The van der Waals surface area contributed by atoms with E-state index in [1.165, 1.54) is 0 Å². The lowest BCUT2D eigenvalue weighted by atomic mass is 9.96. The van der Waals surface area contributed by atoms with Gasteiger partial charge in [-0.25, -0.2) is 0 Å². The predicted octanol–water partition coefficient (Wildman–Crippen LogP) is 2.37. The molecule has 0 unspecified atom stereocenters. The van der Waals surface area contributed by atoms with Crippen molar-refractivity contribution in [1.82, 2.24) is 4.90 Å². The molecule has 2 aromatic carbocycles. The van der Waals surface area contributed by atoms with E-state index in [-0.39, 0.29) is 17.7 Å². The topological polar surface area (TPSA) is 75.4 Å². The maximum absolute atomic E-state index is 12.3. The van der Waals surface area contributed by atoms with Gasteiger partial charge in [-0.05, 0) is 37.4 Å². The van der Waals surface area contributed by atoms with Gasteiger partial charge in [0.25, 0.3) is 0 Å². The Morgan fingerprint density at radius 1 is 1.08 bits per heavy atom. The Bertz CT molecular complexity index is 731. The van der Waals surface area contributed by atoms with Gasteiger partial charge < -0.3 is 16.0 Å². The van der Waals surface area contributed by atoms with Crippen molar-refractivity contribution < 1.29 is 9.59 Å². The quantitative estimate of drug-likeness (QED) is 0.886. The maximum Gasteiger partial charge on any atom is 0.225 e. The van der Waals surface area contributed by atoms with Gasteiger partial charge in [0.2, 0.25) is 11.8 Å². The number of carbonyl (C=O) groups excluding carboxylic acids is 2. The number of carbonyl (C=O) groups is 2. The molecule has 3 rings (SSSR count). The maximum atomic E-state index is 12.3. The summed E-state index contributed by atoms with van der Waals surface area (Å²) in [4.78, 5) is 25.7. The van der Waals surface area contributed by atoms with Gasteiger partial charge in [-0.3, -0.25) is 9.59 Å². The van der Waals surface area contributed by atoms with Crippen LogP contribution in [0.4, 0.5) is 5.69 Å². The van der Waals surface area contributed by atoms with Crippen LogP contribution in [0.3, 0.4) is 0 Å². The first-order chi connectivity index (χ1) is 11.6. The molecule has 0 aliphatic carbocycles. The van der Waals surface area contributed by atoms with Gasteiger partial charge in [0.15, 0.2) is 0 Å². The summed E-state index contributed by atoms with van der Waals surface area (Å²) in [7, 11) is 0. The monoisotopic (exact) mass is 325 g/mol. The van der Waals surface area contributed by atoms with Gasteiger partial charge >= 0.3 is 0 Å². The molecule has 0 radical (unpaired) electrons. The van der Waals surface area contributed by atoms with Gasteiger partial charge in [-0.15, -0.1) is 0 Å². The van der Waals surface area contributed by atoms with E-state index >= 15 is 0 Å². The molecule has 1 saturated heterocycles. The number of benzene rings is 2. The lowest BCUT2D eigenvalue weighted by Crippen LogP contribution is -2.39. The molecule has 0 atom stereocenters. The van der Waals surface area contributed by atoms with Crippen LogP contribution in [0.15, 0.2) is 42.5 Å². The normalized spacial score (nSPS) is 16.2. The first-order valence-electron chi connectivity index (χ1n) is 8.43. The van der Waals surface area contributed by atoms with Crippen molar-refractivity contribution in [2.45, 2.75) is 19.3 Å². The van der Waals surface area contributed by atoms with Crippen LogP contribution in [-0.4, -0.2) is 36.3 Å². The average molecular weight is 325 g/mol. The molecule has 0 aromatic heterocycles. The van der Waals surface area contributed by atoms with Crippen molar-refractivity contribution in [2.75, 3.05) is 25.0 Å². The third-order valence-corrected chi connectivity index (χ3v) is 4.71. The van der Waals surface area contributed by atoms with Gasteiger partial charge in [-0.2, -0.15) is 0 Å². The Hall–Kier alpha value is -2.40. The summed E-state index contributed by atoms with van der Waals surface area (Å²) in [6.45, 7) is 2.37.